The van der Waals surface area contributed by atoms with Crippen LogP contribution >= 0.6 is 23.1 Å². The predicted octanol–water partition coefficient (Wildman–Crippen LogP) is 5.60. The summed E-state index contributed by atoms with van der Waals surface area (Å²) in [6, 6.07) is 18.7. The van der Waals surface area contributed by atoms with Gasteiger partial charge in [-0.25, -0.2) is 4.39 Å². The van der Waals surface area contributed by atoms with E-state index in [-0.39, 0.29) is 23.5 Å². The van der Waals surface area contributed by atoms with Crippen LogP contribution in [0.25, 0.3) is 11.4 Å². The standard InChI is InChI=1S/C26H23FN4OS2/c1-2-14-31-25(19-10-6-7-11-21(19)27)28-29-26(31)34-17-23(32)30-15-12-22-20(13-16-33-22)24(30)18-8-4-3-5-9-18/h2-11,13,16,24H,1,12,14-15,17H2. The second-order valence-electron chi connectivity index (χ2n) is 7.92. The first-order valence-electron chi connectivity index (χ1n) is 11.0. The SMILES string of the molecule is C=CCn1c(SCC(=O)N2CCc3sccc3C2c2ccccc2)nnc1-c1ccccc1F. The molecule has 172 valence electrons. The molecule has 1 aliphatic heterocycles. The molecule has 5 rings (SSSR count). The highest BCUT2D eigenvalue weighted by atomic mass is 32.2. The van der Waals surface area contributed by atoms with Gasteiger partial charge in [-0.2, -0.15) is 0 Å². The average Bonchev–Trinajstić information content (AvgIpc) is 3.50. The molecule has 4 aromatic rings. The lowest BCUT2D eigenvalue weighted by molar-refractivity contribution is -0.130. The molecule has 0 spiro atoms. The van der Waals surface area contributed by atoms with Crippen molar-refractivity contribution >= 4 is 29.0 Å². The molecule has 1 amide bonds. The van der Waals surface area contributed by atoms with Crippen LogP contribution in [-0.2, 0) is 17.8 Å². The number of thiophene rings is 1. The Morgan fingerprint density at radius 2 is 1.94 bits per heavy atom. The van der Waals surface area contributed by atoms with Gasteiger partial charge in [-0.15, -0.1) is 28.1 Å². The van der Waals surface area contributed by atoms with Crippen LogP contribution in [0.1, 0.15) is 22.0 Å². The second kappa shape index (κ2) is 9.95. The van der Waals surface area contributed by atoms with Gasteiger partial charge in [0.1, 0.15) is 5.82 Å². The number of rotatable bonds is 7. The fraction of sp³-hybridized carbons (Fsp3) is 0.192. The summed E-state index contributed by atoms with van der Waals surface area (Å²) in [6.07, 6.45) is 2.57. The second-order valence-corrected chi connectivity index (χ2v) is 9.87. The largest absolute Gasteiger partial charge is 0.330 e. The third kappa shape index (κ3) is 4.31. The number of benzene rings is 2. The van der Waals surface area contributed by atoms with Gasteiger partial charge in [0.05, 0.1) is 17.4 Å². The van der Waals surface area contributed by atoms with Crippen LogP contribution in [0.3, 0.4) is 0 Å². The molecule has 1 unspecified atom stereocenters. The quantitative estimate of drug-likeness (QED) is 0.250. The van der Waals surface area contributed by atoms with Crippen LogP contribution in [-0.4, -0.2) is 37.9 Å². The summed E-state index contributed by atoms with van der Waals surface area (Å²) in [5, 5.41) is 11.2. The molecule has 1 atom stereocenters. The Morgan fingerprint density at radius 1 is 1.15 bits per heavy atom. The Bertz CT molecular complexity index is 1320. The number of allylic oxidation sites excluding steroid dienone is 1. The highest BCUT2D eigenvalue weighted by molar-refractivity contribution is 7.99. The van der Waals surface area contributed by atoms with E-state index < -0.39 is 0 Å². The average molecular weight is 491 g/mol. The van der Waals surface area contributed by atoms with E-state index in [2.05, 4.69) is 40.4 Å². The summed E-state index contributed by atoms with van der Waals surface area (Å²) < 4.78 is 16.2. The molecule has 5 nitrogen and oxygen atoms in total. The monoisotopic (exact) mass is 490 g/mol. The van der Waals surface area contributed by atoms with Crippen molar-refractivity contribution in [3.63, 3.8) is 0 Å². The first-order valence-corrected chi connectivity index (χ1v) is 12.9. The van der Waals surface area contributed by atoms with Gasteiger partial charge in [-0.3, -0.25) is 9.36 Å². The normalized spacial score (nSPS) is 15.2. The Morgan fingerprint density at radius 3 is 2.74 bits per heavy atom. The summed E-state index contributed by atoms with van der Waals surface area (Å²) in [4.78, 5) is 16.8. The maximum atomic E-state index is 14.4. The van der Waals surface area contributed by atoms with Gasteiger partial charge >= 0.3 is 0 Å². The van der Waals surface area contributed by atoms with Gasteiger partial charge in [0.15, 0.2) is 11.0 Å². The molecule has 0 bridgehead atoms. The number of amides is 1. The maximum Gasteiger partial charge on any atom is 0.233 e. The van der Waals surface area contributed by atoms with Gasteiger partial charge in [0.2, 0.25) is 5.91 Å². The molecule has 34 heavy (non-hydrogen) atoms. The number of hydrogen-bond acceptors (Lipinski definition) is 5. The van der Waals surface area contributed by atoms with Crippen LogP contribution in [0.5, 0.6) is 0 Å². The Hall–Kier alpha value is -3.23. The number of aromatic nitrogens is 3. The molecule has 2 aromatic heterocycles. The number of fused-ring (bicyclic) bond motifs is 1. The summed E-state index contributed by atoms with van der Waals surface area (Å²) >= 11 is 3.07. The van der Waals surface area contributed by atoms with Crippen molar-refractivity contribution in [1.29, 1.82) is 0 Å². The summed E-state index contributed by atoms with van der Waals surface area (Å²) in [5.41, 5.74) is 2.69. The molecule has 2 aromatic carbocycles. The van der Waals surface area contributed by atoms with Gasteiger partial charge in [0.25, 0.3) is 0 Å². The predicted molar refractivity (Wildman–Crippen MR) is 134 cm³/mol. The summed E-state index contributed by atoms with van der Waals surface area (Å²) in [5.74, 6) is 0.320. The maximum absolute atomic E-state index is 14.4. The smallest absolute Gasteiger partial charge is 0.233 e. The number of carbonyl (C=O) groups excluding carboxylic acids is 1. The van der Waals surface area contributed by atoms with Gasteiger partial charge in [-0.1, -0.05) is 60.3 Å². The molecular weight excluding hydrogens is 467 g/mol. The molecule has 3 heterocycles. The van der Waals surface area contributed by atoms with Crippen LogP contribution in [0.2, 0.25) is 0 Å². The molecule has 0 aliphatic carbocycles. The topological polar surface area (TPSA) is 51.0 Å². The zero-order valence-electron chi connectivity index (χ0n) is 18.4. The Labute approximate surface area is 206 Å². The highest BCUT2D eigenvalue weighted by Crippen LogP contribution is 2.38. The van der Waals surface area contributed by atoms with E-state index >= 15 is 0 Å². The molecule has 0 radical (unpaired) electrons. The van der Waals surface area contributed by atoms with Crippen molar-refractivity contribution in [2.24, 2.45) is 0 Å². The minimum atomic E-state index is -0.363. The number of thioether (sulfide) groups is 1. The molecule has 0 N–H and O–H groups in total. The van der Waals surface area contributed by atoms with Crippen LogP contribution in [0.4, 0.5) is 4.39 Å². The Kier molecular flexibility index (Phi) is 6.60. The number of hydrogen-bond donors (Lipinski definition) is 0. The molecule has 8 heteroatoms. The van der Waals surface area contributed by atoms with Crippen molar-refractivity contribution in [2.45, 2.75) is 24.2 Å². The van der Waals surface area contributed by atoms with Crippen molar-refractivity contribution in [1.82, 2.24) is 19.7 Å². The van der Waals surface area contributed by atoms with E-state index in [4.69, 9.17) is 0 Å². The summed E-state index contributed by atoms with van der Waals surface area (Å²) in [7, 11) is 0. The number of carbonyl (C=O) groups is 1. The van der Waals surface area contributed by atoms with Crippen LogP contribution in [0, 0.1) is 5.82 Å². The van der Waals surface area contributed by atoms with Crippen molar-refractivity contribution in [3.05, 3.63) is 101 Å². The molecule has 0 saturated heterocycles. The van der Waals surface area contributed by atoms with Crippen molar-refractivity contribution in [3.8, 4) is 11.4 Å². The zero-order chi connectivity index (χ0) is 23.5. The van der Waals surface area contributed by atoms with E-state index in [1.807, 2.05) is 23.1 Å². The molecule has 0 saturated carbocycles. The lowest BCUT2D eigenvalue weighted by Gasteiger charge is -2.36. The van der Waals surface area contributed by atoms with Crippen LogP contribution in [0.15, 0.2) is 83.9 Å². The highest BCUT2D eigenvalue weighted by Gasteiger charge is 2.32. The fourth-order valence-electron chi connectivity index (χ4n) is 4.32. The summed E-state index contributed by atoms with van der Waals surface area (Å²) in [6.45, 7) is 4.90. The van der Waals surface area contributed by atoms with E-state index in [0.717, 1.165) is 12.0 Å². The lowest BCUT2D eigenvalue weighted by atomic mass is 9.93. The third-order valence-electron chi connectivity index (χ3n) is 5.87. The molecular formula is C26H23FN4OS2. The van der Waals surface area contributed by atoms with Gasteiger partial charge in [-0.05, 0) is 41.1 Å². The number of halogens is 1. The van der Waals surface area contributed by atoms with Gasteiger partial charge < -0.3 is 4.90 Å². The lowest BCUT2D eigenvalue weighted by Crippen LogP contribution is -2.41. The van der Waals surface area contributed by atoms with Crippen molar-refractivity contribution in [2.75, 3.05) is 12.3 Å². The Balaban J connectivity index is 1.39. The molecule has 1 aliphatic rings. The van der Waals surface area contributed by atoms with E-state index in [1.54, 1.807) is 40.2 Å². The fourth-order valence-corrected chi connectivity index (χ4v) is 6.06. The van der Waals surface area contributed by atoms with E-state index in [9.17, 15) is 9.18 Å². The van der Waals surface area contributed by atoms with Crippen LogP contribution < -0.4 is 0 Å². The van der Waals surface area contributed by atoms with Crippen molar-refractivity contribution < 1.29 is 9.18 Å². The minimum Gasteiger partial charge on any atom is -0.330 e. The van der Waals surface area contributed by atoms with Gasteiger partial charge in [0, 0.05) is 18.0 Å². The third-order valence-corrected chi connectivity index (χ3v) is 7.82. The zero-order valence-corrected chi connectivity index (χ0v) is 20.1. The van der Waals surface area contributed by atoms with E-state index in [0.29, 0.717) is 29.6 Å². The molecule has 0 fully saturated rings. The first kappa shape index (κ1) is 22.6. The number of nitrogens with zero attached hydrogens (tertiary/aromatic N) is 4. The van der Waals surface area contributed by atoms with E-state index in [1.165, 1.54) is 28.3 Å². The minimum absolute atomic E-state index is 0.0382. The first-order chi connectivity index (χ1) is 16.7.